The van der Waals surface area contributed by atoms with E-state index >= 15 is 0 Å². The maximum Gasteiger partial charge on any atom is 0.240 e. The lowest BCUT2D eigenvalue weighted by Gasteiger charge is -2.04. The molecule has 0 radical (unpaired) electrons. The van der Waals surface area contributed by atoms with E-state index in [1.54, 1.807) is 0 Å². The fourth-order valence-corrected chi connectivity index (χ4v) is 1.64. The van der Waals surface area contributed by atoms with Crippen molar-refractivity contribution in [3.63, 3.8) is 0 Å². The molecule has 0 atom stereocenters. The molecule has 1 aromatic heterocycles. The van der Waals surface area contributed by atoms with Crippen LogP contribution in [0.1, 0.15) is 0 Å². The fraction of sp³-hybridized carbons (Fsp3) is 0.154. The highest BCUT2D eigenvalue weighted by atomic mass is 16.1. The summed E-state index contributed by atoms with van der Waals surface area (Å²) in [4.78, 5) is 11.5. The van der Waals surface area contributed by atoms with Gasteiger partial charge in [-0.3, -0.25) is 4.79 Å². The maximum absolute atomic E-state index is 11.5. The minimum Gasteiger partial charge on any atom is -0.344 e. The van der Waals surface area contributed by atoms with Gasteiger partial charge in [0.1, 0.15) is 6.54 Å². The zero-order chi connectivity index (χ0) is 11.4. The second-order valence-corrected chi connectivity index (χ2v) is 3.48. The molecule has 3 heteroatoms. The van der Waals surface area contributed by atoms with Crippen LogP contribution in [0.3, 0.4) is 0 Å². The predicted octanol–water partition coefficient (Wildman–Crippen LogP) is 1.39. The molecule has 0 spiro atoms. The van der Waals surface area contributed by atoms with Gasteiger partial charge in [0.25, 0.3) is 0 Å². The summed E-state index contributed by atoms with van der Waals surface area (Å²) in [5, 5.41) is 3.77. The Morgan fingerprint density at radius 1 is 1.38 bits per heavy atom. The van der Waals surface area contributed by atoms with Crippen LogP contribution in [0.25, 0.3) is 10.9 Å². The Hall–Kier alpha value is -2.21. The van der Waals surface area contributed by atoms with E-state index < -0.39 is 0 Å². The van der Waals surface area contributed by atoms with E-state index in [0.29, 0.717) is 6.54 Å². The summed E-state index contributed by atoms with van der Waals surface area (Å²) in [5.41, 5.74) is 1.05. The molecule has 1 heterocycles. The molecule has 0 aliphatic rings. The third kappa shape index (κ3) is 2.06. The largest absolute Gasteiger partial charge is 0.344 e. The SMILES string of the molecule is C#CCNC(=O)Cn1ccc2ccccc21. The van der Waals surface area contributed by atoms with Gasteiger partial charge in [0.15, 0.2) is 0 Å². The average molecular weight is 212 g/mol. The molecule has 1 N–H and O–H groups in total. The molecule has 2 rings (SSSR count). The highest BCUT2D eigenvalue weighted by Crippen LogP contribution is 2.14. The predicted molar refractivity (Wildman–Crippen MR) is 63.8 cm³/mol. The molecule has 1 amide bonds. The highest BCUT2D eigenvalue weighted by Gasteiger charge is 2.04. The fourth-order valence-electron chi connectivity index (χ4n) is 1.64. The van der Waals surface area contributed by atoms with Crippen LogP contribution in [0.2, 0.25) is 0 Å². The van der Waals surface area contributed by atoms with Gasteiger partial charge in [-0.2, -0.15) is 0 Å². The number of amides is 1. The molecule has 0 fully saturated rings. The minimum absolute atomic E-state index is 0.0701. The Kier molecular flexibility index (Phi) is 2.93. The van der Waals surface area contributed by atoms with E-state index in [9.17, 15) is 4.79 Å². The van der Waals surface area contributed by atoms with Crippen molar-refractivity contribution in [3.8, 4) is 12.3 Å². The molecular formula is C13H12N2O. The standard InChI is InChI=1S/C13H12N2O/c1-2-8-14-13(16)10-15-9-7-11-5-3-4-6-12(11)15/h1,3-7,9H,8,10H2,(H,14,16). The van der Waals surface area contributed by atoms with Gasteiger partial charge in [-0.05, 0) is 17.5 Å². The number of benzene rings is 1. The Morgan fingerprint density at radius 2 is 2.19 bits per heavy atom. The minimum atomic E-state index is -0.0701. The first-order valence-electron chi connectivity index (χ1n) is 5.05. The van der Waals surface area contributed by atoms with Gasteiger partial charge in [0.05, 0.1) is 6.54 Å². The second kappa shape index (κ2) is 4.54. The molecule has 0 saturated carbocycles. The van der Waals surface area contributed by atoms with Crippen LogP contribution in [0.5, 0.6) is 0 Å². The Morgan fingerprint density at radius 3 is 3.00 bits per heavy atom. The van der Waals surface area contributed by atoms with Gasteiger partial charge in [0.2, 0.25) is 5.91 Å². The first kappa shape index (κ1) is 10.3. The van der Waals surface area contributed by atoms with Gasteiger partial charge in [-0.1, -0.05) is 24.1 Å². The van der Waals surface area contributed by atoms with Gasteiger partial charge in [0, 0.05) is 11.7 Å². The number of para-hydroxylation sites is 1. The van der Waals surface area contributed by atoms with Crippen LogP contribution in [-0.2, 0) is 11.3 Å². The topological polar surface area (TPSA) is 34.0 Å². The van der Waals surface area contributed by atoms with E-state index in [2.05, 4.69) is 11.2 Å². The van der Waals surface area contributed by atoms with Crippen LogP contribution in [0.4, 0.5) is 0 Å². The number of rotatable bonds is 3. The smallest absolute Gasteiger partial charge is 0.240 e. The van der Waals surface area contributed by atoms with Crippen LogP contribution in [-0.4, -0.2) is 17.0 Å². The van der Waals surface area contributed by atoms with E-state index in [4.69, 9.17) is 6.42 Å². The van der Waals surface area contributed by atoms with Crippen LogP contribution in [0, 0.1) is 12.3 Å². The van der Waals surface area contributed by atoms with E-state index in [1.165, 1.54) is 0 Å². The van der Waals surface area contributed by atoms with Crippen molar-refractivity contribution in [2.24, 2.45) is 0 Å². The van der Waals surface area contributed by atoms with Crippen molar-refractivity contribution in [2.75, 3.05) is 6.54 Å². The normalized spacial score (nSPS) is 9.94. The van der Waals surface area contributed by atoms with Gasteiger partial charge in [-0.25, -0.2) is 0 Å². The third-order valence-electron chi connectivity index (χ3n) is 2.38. The molecule has 1 aromatic carbocycles. The van der Waals surface area contributed by atoms with Crippen molar-refractivity contribution in [1.29, 1.82) is 0 Å². The lowest BCUT2D eigenvalue weighted by molar-refractivity contribution is -0.121. The molecule has 0 aliphatic carbocycles. The van der Waals surface area contributed by atoms with Gasteiger partial charge >= 0.3 is 0 Å². The lowest BCUT2D eigenvalue weighted by Crippen LogP contribution is -2.27. The van der Waals surface area contributed by atoms with Crippen molar-refractivity contribution in [2.45, 2.75) is 6.54 Å². The average Bonchev–Trinajstić information content (AvgIpc) is 2.70. The van der Waals surface area contributed by atoms with Crippen molar-refractivity contribution < 1.29 is 4.79 Å². The molecule has 0 saturated heterocycles. The maximum atomic E-state index is 11.5. The Labute approximate surface area is 94.1 Å². The highest BCUT2D eigenvalue weighted by molar-refractivity contribution is 5.83. The summed E-state index contributed by atoms with van der Waals surface area (Å²) >= 11 is 0. The van der Waals surface area contributed by atoms with E-state index in [-0.39, 0.29) is 12.5 Å². The quantitative estimate of drug-likeness (QED) is 0.766. The summed E-state index contributed by atoms with van der Waals surface area (Å²) in [6, 6.07) is 9.93. The number of aromatic nitrogens is 1. The summed E-state index contributed by atoms with van der Waals surface area (Å²) in [5.74, 6) is 2.30. The zero-order valence-corrected chi connectivity index (χ0v) is 8.81. The van der Waals surface area contributed by atoms with Crippen molar-refractivity contribution in [1.82, 2.24) is 9.88 Å². The van der Waals surface area contributed by atoms with Crippen LogP contribution < -0.4 is 5.32 Å². The molecule has 2 aromatic rings. The number of fused-ring (bicyclic) bond motifs is 1. The summed E-state index contributed by atoms with van der Waals surface area (Å²) in [7, 11) is 0. The number of hydrogen-bond donors (Lipinski definition) is 1. The molecule has 80 valence electrons. The Balaban J connectivity index is 2.16. The molecular weight excluding hydrogens is 200 g/mol. The monoisotopic (exact) mass is 212 g/mol. The summed E-state index contributed by atoms with van der Waals surface area (Å²) in [6.07, 6.45) is 6.97. The number of nitrogens with zero attached hydrogens (tertiary/aromatic N) is 1. The van der Waals surface area contributed by atoms with Crippen LogP contribution >= 0.6 is 0 Å². The first-order chi connectivity index (χ1) is 7.81. The molecule has 0 unspecified atom stereocenters. The summed E-state index contributed by atoms with van der Waals surface area (Å²) in [6.45, 7) is 0.577. The third-order valence-corrected chi connectivity index (χ3v) is 2.38. The number of hydrogen-bond acceptors (Lipinski definition) is 1. The molecule has 16 heavy (non-hydrogen) atoms. The molecule has 0 bridgehead atoms. The number of nitrogens with one attached hydrogen (secondary N) is 1. The number of terminal acetylenes is 1. The second-order valence-electron chi connectivity index (χ2n) is 3.48. The first-order valence-corrected chi connectivity index (χ1v) is 5.05. The Bertz CT molecular complexity index is 548. The zero-order valence-electron chi connectivity index (χ0n) is 8.81. The number of carbonyl (C=O) groups excluding carboxylic acids is 1. The lowest BCUT2D eigenvalue weighted by atomic mass is 10.2. The summed E-state index contributed by atoms with van der Waals surface area (Å²) < 4.78 is 1.90. The van der Waals surface area contributed by atoms with E-state index in [1.807, 2.05) is 41.1 Å². The van der Waals surface area contributed by atoms with Crippen LogP contribution in [0.15, 0.2) is 36.5 Å². The van der Waals surface area contributed by atoms with Crippen molar-refractivity contribution in [3.05, 3.63) is 36.5 Å². The van der Waals surface area contributed by atoms with Gasteiger partial charge < -0.3 is 9.88 Å². The number of carbonyl (C=O) groups is 1. The molecule has 3 nitrogen and oxygen atoms in total. The van der Waals surface area contributed by atoms with E-state index in [0.717, 1.165) is 10.9 Å². The van der Waals surface area contributed by atoms with Crippen molar-refractivity contribution >= 4 is 16.8 Å². The van der Waals surface area contributed by atoms with Gasteiger partial charge in [-0.15, -0.1) is 6.42 Å². The molecule has 0 aliphatic heterocycles.